The lowest BCUT2D eigenvalue weighted by Crippen LogP contribution is -2.53. The lowest BCUT2D eigenvalue weighted by atomic mass is 10.0. The Bertz CT molecular complexity index is 269. The highest BCUT2D eigenvalue weighted by Crippen LogP contribution is 2.12. The van der Waals surface area contributed by atoms with Crippen LogP contribution in [0.4, 0.5) is 5.95 Å². The predicted molar refractivity (Wildman–Crippen MR) is 55.2 cm³/mol. The molecule has 1 atom stereocenters. The normalized spacial score (nSPS) is 23.1. The van der Waals surface area contributed by atoms with Crippen LogP contribution in [-0.2, 0) is 0 Å². The number of anilines is 1. The molecular weight excluding hydrogens is 178 g/mol. The van der Waals surface area contributed by atoms with Crippen LogP contribution in [0.25, 0.3) is 0 Å². The molecule has 1 aliphatic rings. The Morgan fingerprint density at radius 1 is 1.57 bits per heavy atom. The van der Waals surface area contributed by atoms with Gasteiger partial charge < -0.3 is 10.2 Å². The molecule has 1 aliphatic heterocycles. The first-order valence-corrected chi connectivity index (χ1v) is 5.11. The molecule has 1 aromatic heterocycles. The standard InChI is InChI=1S/C9H17N5/c1-7(2)8-5-14(4-3-10-8)9-11-6-12-13-9/h6-8,10H,3-5H2,1-2H3,(H,11,12,13). The number of rotatable bonds is 2. The molecule has 1 aromatic rings. The van der Waals surface area contributed by atoms with Crippen LogP contribution in [0.1, 0.15) is 13.8 Å². The van der Waals surface area contributed by atoms with E-state index in [0.29, 0.717) is 12.0 Å². The van der Waals surface area contributed by atoms with Gasteiger partial charge in [0.1, 0.15) is 6.33 Å². The second kappa shape index (κ2) is 3.96. The molecule has 0 aromatic carbocycles. The van der Waals surface area contributed by atoms with Gasteiger partial charge >= 0.3 is 0 Å². The van der Waals surface area contributed by atoms with E-state index in [1.54, 1.807) is 6.33 Å². The number of hydrogen-bond acceptors (Lipinski definition) is 4. The van der Waals surface area contributed by atoms with Crippen LogP contribution in [0.15, 0.2) is 6.33 Å². The third-order valence-electron chi connectivity index (χ3n) is 2.71. The van der Waals surface area contributed by atoms with E-state index in [1.807, 2.05) is 0 Å². The van der Waals surface area contributed by atoms with Crippen LogP contribution < -0.4 is 10.2 Å². The van der Waals surface area contributed by atoms with Crippen molar-refractivity contribution in [3.63, 3.8) is 0 Å². The van der Waals surface area contributed by atoms with Gasteiger partial charge in [-0.2, -0.15) is 10.1 Å². The van der Waals surface area contributed by atoms with E-state index in [0.717, 1.165) is 25.6 Å². The molecular formula is C9H17N5. The van der Waals surface area contributed by atoms with Crippen LogP contribution in [0, 0.1) is 5.92 Å². The minimum absolute atomic E-state index is 0.550. The molecule has 5 heteroatoms. The van der Waals surface area contributed by atoms with Crippen LogP contribution in [0.5, 0.6) is 0 Å². The lowest BCUT2D eigenvalue weighted by molar-refractivity contribution is 0.366. The van der Waals surface area contributed by atoms with Gasteiger partial charge in [0.15, 0.2) is 0 Å². The molecule has 78 valence electrons. The molecule has 14 heavy (non-hydrogen) atoms. The first-order valence-electron chi connectivity index (χ1n) is 5.11. The van der Waals surface area contributed by atoms with Gasteiger partial charge in [-0.3, -0.25) is 0 Å². The number of hydrogen-bond donors (Lipinski definition) is 2. The topological polar surface area (TPSA) is 56.8 Å². The van der Waals surface area contributed by atoms with E-state index in [4.69, 9.17) is 0 Å². The zero-order valence-electron chi connectivity index (χ0n) is 8.70. The van der Waals surface area contributed by atoms with E-state index >= 15 is 0 Å². The number of nitrogens with one attached hydrogen (secondary N) is 2. The van der Waals surface area contributed by atoms with Crippen LogP contribution in [0.3, 0.4) is 0 Å². The first kappa shape index (κ1) is 9.45. The largest absolute Gasteiger partial charge is 0.338 e. The maximum atomic E-state index is 4.17. The molecule has 1 unspecified atom stereocenters. The van der Waals surface area contributed by atoms with Gasteiger partial charge in [0.05, 0.1) is 0 Å². The highest BCUT2D eigenvalue weighted by Gasteiger charge is 2.22. The summed E-state index contributed by atoms with van der Waals surface area (Å²) in [6.45, 7) is 7.50. The predicted octanol–water partition coefficient (Wildman–Crippen LogP) is 0.239. The number of H-pyrrole nitrogens is 1. The molecule has 1 saturated heterocycles. The highest BCUT2D eigenvalue weighted by atomic mass is 15.4. The Balaban J connectivity index is 2.01. The van der Waals surface area contributed by atoms with Gasteiger partial charge in [0.25, 0.3) is 0 Å². The van der Waals surface area contributed by atoms with Gasteiger partial charge in [-0.05, 0) is 5.92 Å². The Morgan fingerprint density at radius 3 is 3.07 bits per heavy atom. The van der Waals surface area contributed by atoms with E-state index in [1.165, 1.54) is 0 Å². The second-order valence-corrected chi connectivity index (χ2v) is 4.06. The molecule has 2 rings (SSSR count). The van der Waals surface area contributed by atoms with Crippen molar-refractivity contribution in [1.82, 2.24) is 20.5 Å². The monoisotopic (exact) mass is 195 g/mol. The molecule has 2 heterocycles. The van der Waals surface area contributed by atoms with E-state index in [-0.39, 0.29) is 0 Å². The maximum Gasteiger partial charge on any atom is 0.221 e. The highest BCUT2D eigenvalue weighted by molar-refractivity contribution is 5.28. The fourth-order valence-electron chi connectivity index (χ4n) is 1.77. The second-order valence-electron chi connectivity index (χ2n) is 4.06. The molecule has 0 bridgehead atoms. The van der Waals surface area contributed by atoms with Crippen molar-refractivity contribution in [2.75, 3.05) is 24.5 Å². The quantitative estimate of drug-likeness (QED) is 0.709. The average Bonchev–Trinajstić information content (AvgIpc) is 2.71. The molecule has 0 aliphatic carbocycles. The van der Waals surface area contributed by atoms with Crippen molar-refractivity contribution >= 4 is 5.95 Å². The number of aromatic amines is 1. The van der Waals surface area contributed by atoms with Gasteiger partial charge in [-0.25, -0.2) is 5.10 Å². The zero-order chi connectivity index (χ0) is 9.97. The number of nitrogens with zero attached hydrogens (tertiary/aromatic N) is 3. The minimum atomic E-state index is 0.550. The van der Waals surface area contributed by atoms with E-state index < -0.39 is 0 Å². The Kier molecular flexibility index (Phi) is 2.67. The molecule has 1 fully saturated rings. The molecule has 0 amide bonds. The average molecular weight is 195 g/mol. The SMILES string of the molecule is CC(C)C1CN(c2ncn[nH]2)CCN1. The van der Waals surface area contributed by atoms with Crippen molar-refractivity contribution in [1.29, 1.82) is 0 Å². The summed E-state index contributed by atoms with van der Waals surface area (Å²) in [6.07, 6.45) is 1.56. The zero-order valence-corrected chi connectivity index (χ0v) is 8.70. The van der Waals surface area contributed by atoms with Crippen molar-refractivity contribution in [3.05, 3.63) is 6.33 Å². The Labute approximate surface area is 83.9 Å². The van der Waals surface area contributed by atoms with Gasteiger partial charge in [-0.15, -0.1) is 0 Å². The van der Waals surface area contributed by atoms with Crippen molar-refractivity contribution in [2.24, 2.45) is 5.92 Å². The summed E-state index contributed by atoms with van der Waals surface area (Å²) in [5, 5.41) is 10.3. The van der Waals surface area contributed by atoms with Crippen LogP contribution in [0.2, 0.25) is 0 Å². The molecule has 0 spiro atoms. The summed E-state index contributed by atoms with van der Waals surface area (Å²) in [6, 6.07) is 0.550. The molecule has 5 nitrogen and oxygen atoms in total. The fourth-order valence-corrected chi connectivity index (χ4v) is 1.77. The Hall–Kier alpha value is -1.10. The van der Waals surface area contributed by atoms with Gasteiger partial charge in [0, 0.05) is 25.7 Å². The fraction of sp³-hybridized carbons (Fsp3) is 0.778. The smallest absolute Gasteiger partial charge is 0.221 e. The first-order chi connectivity index (χ1) is 6.77. The number of aromatic nitrogens is 3. The van der Waals surface area contributed by atoms with Crippen LogP contribution >= 0.6 is 0 Å². The summed E-state index contributed by atoms with van der Waals surface area (Å²) in [5.74, 6) is 1.54. The third-order valence-corrected chi connectivity index (χ3v) is 2.71. The van der Waals surface area contributed by atoms with Crippen molar-refractivity contribution in [2.45, 2.75) is 19.9 Å². The lowest BCUT2D eigenvalue weighted by Gasteiger charge is -2.35. The number of piperazine rings is 1. The summed E-state index contributed by atoms with van der Waals surface area (Å²) in [4.78, 5) is 6.41. The Morgan fingerprint density at radius 2 is 2.43 bits per heavy atom. The molecule has 0 radical (unpaired) electrons. The minimum Gasteiger partial charge on any atom is -0.338 e. The van der Waals surface area contributed by atoms with E-state index in [2.05, 4.69) is 39.2 Å². The van der Waals surface area contributed by atoms with Gasteiger partial charge in [0.2, 0.25) is 5.95 Å². The molecule has 0 saturated carbocycles. The van der Waals surface area contributed by atoms with Gasteiger partial charge in [-0.1, -0.05) is 13.8 Å². The summed E-state index contributed by atoms with van der Waals surface area (Å²) in [5.41, 5.74) is 0. The van der Waals surface area contributed by atoms with E-state index in [9.17, 15) is 0 Å². The summed E-state index contributed by atoms with van der Waals surface area (Å²) in [7, 11) is 0. The van der Waals surface area contributed by atoms with Crippen molar-refractivity contribution in [3.8, 4) is 0 Å². The van der Waals surface area contributed by atoms with Crippen molar-refractivity contribution < 1.29 is 0 Å². The maximum absolute atomic E-state index is 4.17. The summed E-state index contributed by atoms with van der Waals surface area (Å²) >= 11 is 0. The third kappa shape index (κ3) is 1.87. The molecule has 2 N–H and O–H groups in total. The van der Waals surface area contributed by atoms with Crippen LogP contribution in [-0.4, -0.2) is 40.9 Å². The summed E-state index contributed by atoms with van der Waals surface area (Å²) < 4.78 is 0.